The van der Waals surface area contributed by atoms with Crippen LogP contribution in [-0.4, -0.2) is 0 Å². The summed E-state index contributed by atoms with van der Waals surface area (Å²) in [4.78, 5) is 0. The van der Waals surface area contributed by atoms with E-state index in [1.807, 2.05) is 0 Å². The largest absolute Gasteiger partial charge is 0.0971 e. The lowest BCUT2D eigenvalue weighted by Crippen LogP contribution is -2.10. The van der Waals surface area contributed by atoms with Crippen molar-refractivity contribution in [3.63, 3.8) is 0 Å². The van der Waals surface area contributed by atoms with Gasteiger partial charge >= 0.3 is 0 Å². The van der Waals surface area contributed by atoms with Crippen molar-refractivity contribution in [2.45, 2.75) is 41.0 Å². The Morgan fingerprint density at radius 3 is 1.78 bits per heavy atom. The molecule has 0 aliphatic heterocycles. The maximum Gasteiger partial charge on any atom is 0.0971 e. The SMILES string of the molecule is CCC(C)[C+](C)C(C)C. The second-order valence-electron chi connectivity index (χ2n) is 3.21. The molecule has 1 atom stereocenters. The molecule has 1 unspecified atom stereocenters. The van der Waals surface area contributed by atoms with E-state index < -0.39 is 0 Å². The number of hydrogen-bond acceptors (Lipinski definition) is 0. The van der Waals surface area contributed by atoms with Crippen molar-refractivity contribution in [1.82, 2.24) is 0 Å². The molecule has 0 aromatic heterocycles. The molecule has 9 heavy (non-hydrogen) atoms. The zero-order valence-corrected chi connectivity index (χ0v) is 7.36. The standard InChI is InChI=1S/C9H19/c1-6-8(4)9(5)7(2)3/h7-8H,6H2,1-5H3/q+1. The molecule has 0 fully saturated rings. The Morgan fingerprint density at radius 2 is 1.67 bits per heavy atom. The van der Waals surface area contributed by atoms with Crippen molar-refractivity contribution in [1.29, 1.82) is 0 Å². The Bertz CT molecular complexity index is 64.4. The first kappa shape index (κ1) is 8.87. The molecular weight excluding hydrogens is 108 g/mol. The smallest absolute Gasteiger partial charge is 0.0610 e. The van der Waals surface area contributed by atoms with Crippen LogP contribution < -0.4 is 0 Å². The third kappa shape index (κ3) is 2.78. The van der Waals surface area contributed by atoms with Crippen LogP contribution in [0.1, 0.15) is 41.0 Å². The minimum atomic E-state index is 0.764. The summed E-state index contributed by atoms with van der Waals surface area (Å²) in [5, 5.41) is 0. The van der Waals surface area contributed by atoms with Crippen LogP contribution in [0.25, 0.3) is 0 Å². The summed E-state index contributed by atoms with van der Waals surface area (Å²) in [6.07, 6.45) is 1.28. The van der Waals surface area contributed by atoms with E-state index in [1.165, 1.54) is 6.42 Å². The highest BCUT2D eigenvalue weighted by atomic mass is 14.2. The topological polar surface area (TPSA) is 0 Å². The zero-order chi connectivity index (χ0) is 7.44. The van der Waals surface area contributed by atoms with Gasteiger partial charge in [0.25, 0.3) is 0 Å². The predicted molar refractivity (Wildman–Crippen MR) is 43.2 cm³/mol. The molecule has 0 bridgehead atoms. The molecule has 0 aromatic carbocycles. The van der Waals surface area contributed by atoms with E-state index in [0.717, 1.165) is 11.8 Å². The summed E-state index contributed by atoms with van der Waals surface area (Å²) in [6.45, 7) is 11.3. The van der Waals surface area contributed by atoms with Gasteiger partial charge < -0.3 is 0 Å². The summed E-state index contributed by atoms with van der Waals surface area (Å²) in [7, 11) is 0. The molecule has 0 heteroatoms. The average Bonchev–Trinajstić information content (AvgIpc) is 1.84. The second-order valence-corrected chi connectivity index (χ2v) is 3.21. The van der Waals surface area contributed by atoms with Crippen LogP contribution in [0.4, 0.5) is 0 Å². The van der Waals surface area contributed by atoms with Crippen LogP contribution in [0.3, 0.4) is 0 Å². The van der Waals surface area contributed by atoms with E-state index >= 15 is 0 Å². The third-order valence-corrected chi connectivity index (χ3v) is 2.30. The molecule has 0 saturated heterocycles. The number of rotatable bonds is 3. The number of hydrogen-bond donors (Lipinski definition) is 0. The normalized spacial score (nSPS) is 14.0. The Labute approximate surface area is 59.7 Å². The van der Waals surface area contributed by atoms with E-state index in [4.69, 9.17) is 0 Å². The second kappa shape index (κ2) is 3.81. The average molecular weight is 127 g/mol. The first-order chi connectivity index (χ1) is 4.09. The van der Waals surface area contributed by atoms with E-state index in [1.54, 1.807) is 5.92 Å². The Morgan fingerprint density at radius 1 is 1.22 bits per heavy atom. The van der Waals surface area contributed by atoms with Crippen molar-refractivity contribution in [2.24, 2.45) is 11.8 Å². The molecule has 0 aliphatic carbocycles. The molecule has 0 spiro atoms. The maximum absolute atomic E-state index is 2.30. The summed E-state index contributed by atoms with van der Waals surface area (Å²) in [5.74, 6) is 3.21. The molecule has 0 N–H and O–H groups in total. The van der Waals surface area contributed by atoms with Crippen LogP contribution in [-0.2, 0) is 0 Å². The molecular formula is C9H19+. The summed E-state index contributed by atoms with van der Waals surface area (Å²) >= 11 is 0. The molecule has 0 nitrogen and oxygen atoms in total. The van der Waals surface area contributed by atoms with Gasteiger partial charge in [0, 0.05) is 0 Å². The molecule has 0 aliphatic rings. The van der Waals surface area contributed by atoms with Gasteiger partial charge in [-0.2, -0.15) is 0 Å². The quantitative estimate of drug-likeness (QED) is 0.510. The molecule has 0 heterocycles. The van der Waals surface area contributed by atoms with Crippen LogP contribution in [0, 0.1) is 17.8 Å². The lowest BCUT2D eigenvalue weighted by molar-refractivity contribution is 0.479. The van der Waals surface area contributed by atoms with Gasteiger partial charge in [0.15, 0.2) is 0 Å². The van der Waals surface area contributed by atoms with Crippen molar-refractivity contribution >= 4 is 0 Å². The summed E-state index contributed by atoms with van der Waals surface area (Å²) in [6, 6.07) is 0. The van der Waals surface area contributed by atoms with Gasteiger partial charge in [-0.1, -0.05) is 6.92 Å². The molecule has 54 valence electrons. The molecule has 0 radical (unpaired) electrons. The van der Waals surface area contributed by atoms with Gasteiger partial charge in [-0.15, -0.1) is 0 Å². The molecule has 0 aromatic rings. The van der Waals surface area contributed by atoms with Crippen molar-refractivity contribution < 1.29 is 0 Å². The lowest BCUT2D eigenvalue weighted by Gasteiger charge is -2.10. The zero-order valence-electron chi connectivity index (χ0n) is 7.36. The highest BCUT2D eigenvalue weighted by Crippen LogP contribution is 2.24. The van der Waals surface area contributed by atoms with E-state index in [0.29, 0.717) is 0 Å². The summed E-state index contributed by atoms with van der Waals surface area (Å²) < 4.78 is 0. The van der Waals surface area contributed by atoms with Crippen LogP contribution >= 0.6 is 0 Å². The minimum absolute atomic E-state index is 0.764. The summed E-state index contributed by atoms with van der Waals surface area (Å²) in [5.41, 5.74) is 0. The minimum Gasteiger partial charge on any atom is -0.0610 e. The van der Waals surface area contributed by atoms with Crippen molar-refractivity contribution in [3.8, 4) is 0 Å². The molecule has 0 saturated carbocycles. The predicted octanol–water partition coefficient (Wildman–Crippen LogP) is 3.28. The highest BCUT2D eigenvalue weighted by Gasteiger charge is 2.24. The van der Waals surface area contributed by atoms with Gasteiger partial charge in [-0.05, 0) is 27.2 Å². The fourth-order valence-electron chi connectivity index (χ4n) is 0.891. The van der Waals surface area contributed by atoms with Crippen LogP contribution in [0.15, 0.2) is 0 Å². The Balaban J connectivity index is 3.58. The Hall–Kier alpha value is -0.130. The third-order valence-electron chi connectivity index (χ3n) is 2.30. The first-order valence-electron chi connectivity index (χ1n) is 3.92. The monoisotopic (exact) mass is 127 g/mol. The van der Waals surface area contributed by atoms with Crippen LogP contribution in [0.2, 0.25) is 0 Å². The van der Waals surface area contributed by atoms with Crippen LogP contribution in [0.5, 0.6) is 0 Å². The van der Waals surface area contributed by atoms with Gasteiger partial charge in [0.1, 0.15) is 0 Å². The highest BCUT2D eigenvalue weighted by molar-refractivity contribution is 4.91. The first-order valence-corrected chi connectivity index (χ1v) is 3.92. The van der Waals surface area contributed by atoms with Crippen molar-refractivity contribution in [2.75, 3.05) is 0 Å². The van der Waals surface area contributed by atoms with E-state index in [-0.39, 0.29) is 0 Å². The molecule has 0 amide bonds. The van der Waals surface area contributed by atoms with Gasteiger partial charge in [0.2, 0.25) is 0 Å². The fraction of sp³-hybridized carbons (Fsp3) is 0.889. The Kier molecular flexibility index (Phi) is 3.76. The van der Waals surface area contributed by atoms with Gasteiger partial charge in [0.05, 0.1) is 24.7 Å². The van der Waals surface area contributed by atoms with Gasteiger partial charge in [-0.3, -0.25) is 0 Å². The van der Waals surface area contributed by atoms with E-state index in [9.17, 15) is 0 Å². The lowest BCUT2D eigenvalue weighted by atomic mass is 9.85. The maximum atomic E-state index is 2.30. The van der Waals surface area contributed by atoms with Crippen molar-refractivity contribution in [3.05, 3.63) is 5.92 Å². The fourth-order valence-corrected chi connectivity index (χ4v) is 0.891. The molecule has 0 rings (SSSR count). The van der Waals surface area contributed by atoms with Gasteiger partial charge in [-0.25, -0.2) is 0 Å². The van der Waals surface area contributed by atoms with E-state index in [2.05, 4.69) is 34.6 Å².